The highest BCUT2D eigenvalue weighted by molar-refractivity contribution is 6.31. The van der Waals surface area contributed by atoms with Crippen LogP contribution in [0.3, 0.4) is 0 Å². The minimum Gasteiger partial charge on any atom is -0.352 e. The van der Waals surface area contributed by atoms with E-state index in [9.17, 15) is 14.4 Å². The SMILES string of the molecule is O=C(Cn1cccn1)Nc1cccc(CNC(=O)C2CC(=O)N(c3cccc(Cl)c3)C2)c1. The van der Waals surface area contributed by atoms with Crippen molar-refractivity contribution >= 4 is 40.7 Å². The molecule has 3 aromatic rings. The van der Waals surface area contributed by atoms with Crippen LogP contribution in [0, 0.1) is 5.92 Å². The molecule has 8 nitrogen and oxygen atoms in total. The van der Waals surface area contributed by atoms with Gasteiger partial charge in [-0.3, -0.25) is 19.1 Å². The maximum absolute atomic E-state index is 12.7. The van der Waals surface area contributed by atoms with Gasteiger partial charge in [-0.1, -0.05) is 29.8 Å². The number of nitrogens with one attached hydrogen (secondary N) is 2. The molecule has 0 saturated carbocycles. The van der Waals surface area contributed by atoms with Crippen molar-refractivity contribution in [2.75, 3.05) is 16.8 Å². The lowest BCUT2D eigenvalue weighted by molar-refractivity contribution is -0.126. The van der Waals surface area contributed by atoms with Crippen LogP contribution in [-0.4, -0.2) is 34.0 Å². The number of nitrogens with zero attached hydrogens (tertiary/aromatic N) is 3. The van der Waals surface area contributed by atoms with Gasteiger partial charge in [0.1, 0.15) is 6.54 Å². The lowest BCUT2D eigenvalue weighted by Crippen LogP contribution is -2.32. The van der Waals surface area contributed by atoms with Gasteiger partial charge in [0.25, 0.3) is 0 Å². The Morgan fingerprint density at radius 2 is 1.97 bits per heavy atom. The molecule has 2 heterocycles. The maximum Gasteiger partial charge on any atom is 0.246 e. The Bertz CT molecular complexity index is 1130. The smallest absolute Gasteiger partial charge is 0.246 e. The molecule has 32 heavy (non-hydrogen) atoms. The molecule has 2 N–H and O–H groups in total. The third-order valence-corrected chi connectivity index (χ3v) is 5.39. The van der Waals surface area contributed by atoms with Crippen LogP contribution in [0.15, 0.2) is 67.0 Å². The highest BCUT2D eigenvalue weighted by atomic mass is 35.5. The van der Waals surface area contributed by atoms with Gasteiger partial charge in [-0.2, -0.15) is 5.10 Å². The van der Waals surface area contributed by atoms with E-state index in [0.29, 0.717) is 29.5 Å². The van der Waals surface area contributed by atoms with Crippen LogP contribution in [-0.2, 0) is 27.5 Å². The van der Waals surface area contributed by atoms with Crippen molar-refractivity contribution in [3.05, 3.63) is 77.6 Å². The Labute approximate surface area is 190 Å². The molecule has 0 spiro atoms. The summed E-state index contributed by atoms with van der Waals surface area (Å²) in [7, 11) is 0. The van der Waals surface area contributed by atoms with Crippen molar-refractivity contribution in [2.45, 2.75) is 19.5 Å². The Kier molecular flexibility index (Phi) is 6.51. The zero-order chi connectivity index (χ0) is 22.5. The van der Waals surface area contributed by atoms with Gasteiger partial charge in [0.2, 0.25) is 17.7 Å². The van der Waals surface area contributed by atoms with Crippen LogP contribution < -0.4 is 15.5 Å². The molecule has 1 saturated heterocycles. The summed E-state index contributed by atoms with van der Waals surface area (Å²) in [5.41, 5.74) is 2.17. The van der Waals surface area contributed by atoms with Crippen LogP contribution in [0.4, 0.5) is 11.4 Å². The summed E-state index contributed by atoms with van der Waals surface area (Å²) >= 11 is 6.02. The molecule has 0 aliphatic carbocycles. The molecule has 1 unspecified atom stereocenters. The number of carbonyl (C=O) groups excluding carboxylic acids is 3. The first kappa shape index (κ1) is 21.6. The summed E-state index contributed by atoms with van der Waals surface area (Å²) in [5, 5.41) is 10.3. The Balaban J connectivity index is 1.31. The van der Waals surface area contributed by atoms with Gasteiger partial charge in [0.15, 0.2) is 0 Å². The summed E-state index contributed by atoms with van der Waals surface area (Å²) in [6.45, 7) is 0.727. The van der Waals surface area contributed by atoms with E-state index >= 15 is 0 Å². The molecule has 0 bridgehead atoms. The van der Waals surface area contributed by atoms with E-state index < -0.39 is 5.92 Å². The molecule has 1 fully saturated rings. The van der Waals surface area contributed by atoms with E-state index in [2.05, 4.69) is 15.7 Å². The summed E-state index contributed by atoms with van der Waals surface area (Å²) in [5.74, 6) is -0.913. The maximum atomic E-state index is 12.7. The number of aromatic nitrogens is 2. The van der Waals surface area contributed by atoms with Crippen molar-refractivity contribution < 1.29 is 14.4 Å². The number of carbonyl (C=O) groups is 3. The predicted octanol–water partition coefficient (Wildman–Crippen LogP) is 2.84. The lowest BCUT2D eigenvalue weighted by Gasteiger charge is -2.17. The number of hydrogen-bond donors (Lipinski definition) is 2. The molecule has 164 valence electrons. The number of halogens is 1. The Morgan fingerprint density at radius 1 is 1.12 bits per heavy atom. The van der Waals surface area contributed by atoms with E-state index in [-0.39, 0.29) is 30.7 Å². The summed E-state index contributed by atoms with van der Waals surface area (Å²) in [6, 6.07) is 16.0. The minimum atomic E-state index is -0.432. The van der Waals surface area contributed by atoms with E-state index in [1.807, 2.05) is 12.1 Å². The van der Waals surface area contributed by atoms with E-state index in [4.69, 9.17) is 11.6 Å². The predicted molar refractivity (Wildman–Crippen MR) is 121 cm³/mol. The average Bonchev–Trinajstić information content (AvgIpc) is 3.42. The molecule has 3 amide bonds. The molecular weight excluding hydrogens is 430 g/mol. The summed E-state index contributed by atoms with van der Waals surface area (Å²) in [6.07, 6.45) is 3.48. The minimum absolute atomic E-state index is 0.102. The van der Waals surface area contributed by atoms with Gasteiger partial charge in [0.05, 0.1) is 5.92 Å². The number of hydrogen-bond acceptors (Lipinski definition) is 4. The summed E-state index contributed by atoms with van der Waals surface area (Å²) < 4.78 is 1.54. The topological polar surface area (TPSA) is 96.3 Å². The molecule has 0 radical (unpaired) electrons. The number of rotatable bonds is 7. The zero-order valence-electron chi connectivity index (χ0n) is 17.2. The fraction of sp³-hybridized carbons (Fsp3) is 0.217. The van der Waals surface area contributed by atoms with Crippen LogP contribution in [0.1, 0.15) is 12.0 Å². The molecule has 9 heteroatoms. The van der Waals surface area contributed by atoms with Gasteiger partial charge < -0.3 is 15.5 Å². The number of amides is 3. The molecule has 2 aromatic carbocycles. The Hall–Kier alpha value is -3.65. The van der Waals surface area contributed by atoms with Crippen LogP contribution in [0.2, 0.25) is 5.02 Å². The van der Waals surface area contributed by atoms with Gasteiger partial charge in [0, 0.05) is 48.3 Å². The third kappa shape index (κ3) is 5.33. The molecule has 1 aliphatic heterocycles. The first-order valence-electron chi connectivity index (χ1n) is 10.2. The second-order valence-corrected chi connectivity index (χ2v) is 7.99. The lowest BCUT2D eigenvalue weighted by atomic mass is 10.1. The zero-order valence-corrected chi connectivity index (χ0v) is 18.0. The van der Waals surface area contributed by atoms with Crippen molar-refractivity contribution in [1.82, 2.24) is 15.1 Å². The quantitative estimate of drug-likeness (QED) is 0.577. The van der Waals surface area contributed by atoms with Gasteiger partial charge in [-0.15, -0.1) is 0 Å². The fourth-order valence-electron chi connectivity index (χ4n) is 3.61. The van der Waals surface area contributed by atoms with Crippen molar-refractivity contribution in [3.8, 4) is 0 Å². The number of benzene rings is 2. The molecule has 1 aromatic heterocycles. The van der Waals surface area contributed by atoms with Crippen LogP contribution in [0.25, 0.3) is 0 Å². The molecule has 1 aliphatic rings. The highest BCUT2D eigenvalue weighted by Gasteiger charge is 2.35. The first-order valence-corrected chi connectivity index (χ1v) is 10.6. The van der Waals surface area contributed by atoms with Gasteiger partial charge in [-0.25, -0.2) is 0 Å². The van der Waals surface area contributed by atoms with E-state index in [1.165, 1.54) is 4.68 Å². The van der Waals surface area contributed by atoms with Gasteiger partial charge >= 0.3 is 0 Å². The molecule has 4 rings (SSSR count). The van der Waals surface area contributed by atoms with E-state index in [0.717, 1.165) is 5.56 Å². The fourth-order valence-corrected chi connectivity index (χ4v) is 3.80. The second-order valence-electron chi connectivity index (χ2n) is 7.56. The van der Waals surface area contributed by atoms with E-state index in [1.54, 1.807) is 59.8 Å². The average molecular weight is 452 g/mol. The molecular formula is C23H22ClN5O3. The largest absolute Gasteiger partial charge is 0.352 e. The van der Waals surface area contributed by atoms with Crippen molar-refractivity contribution in [2.24, 2.45) is 5.92 Å². The standard InChI is InChI=1S/C23H22ClN5O3/c24-18-5-2-7-20(12-18)29-14-17(11-22(29)31)23(32)25-13-16-4-1-6-19(10-16)27-21(30)15-28-9-3-8-26-28/h1-10,12,17H,11,13-15H2,(H,25,32)(H,27,30). The summed E-state index contributed by atoms with van der Waals surface area (Å²) in [4.78, 5) is 38.8. The first-order chi connectivity index (χ1) is 15.5. The highest BCUT2D eigenvalue weighted by Crippen LogP contribution is 2.27. The second kappa shape index (κ2) is 9.65. The number of anilines is 2. The monoisotopic (exact) mass is 451 g/mol. The van der Waals surface area contributed by atoms with Crippen LogP contribution >= 0.6 is 11.6 Å². The van der Waals surface area contributed by atoms with Crippen LogP contribution in [0.5, 0.6) is 0 Å². The molecule has 1 atom stereocenters. The van der Waals surface area contributed by atoms with Crippen molar-refractivity contribution in [3.63, 3.8) is 0 Å². The third-order valence-electron chi connectivity index (χ3n) is 5.16. The van der Waals surface area contributed by atoms with Gasteiger partial charge in [-0.05, 0) is 42.0 Å². The normalized spacial score (nSPS) is 15.6. The Morgan fingerprint density at radius 3 is 2.75 bits per heavy atom. The van der Waals surface area contributed by atoms with Crippen molar-refractivity contribution in [1.29, 1.82) is 0 Å².